The Morgan fingerprint density at radius 1 is 1.67 bits per heavy atom. The fourth-order valence-electron chi connectivity index (χ4n) is 1.35. The second kappa shape index (κ2) is 1.48. The Kier molecular flexibility index (Phi) is 0.858. The fraction of sp³-hybridized carbons (Fsp3) is 0.833. The highest BCUT2D eigenvalue weighted by molar-refractivity contribution is 5.79. The molecule has 1 unspecified atom stereocenters. The van der Waals surface area contributed by atoms with Crippen LogP contribution in [0, 0.1) is 0 Å². The zero-order valence-corrected chi connectivity index (χ0v) is 5.14. The molecule has 2 rings (SSSR count). The Labute approximate surface area is 53.4 Å². The van der Waals surface area contributed by atoms with E-state index in [0.29, 0.717) is 6.42 Å². The van der Waals surface area contributed by atoms with Crippen molar-refractivity contribution in [2.24, 2.45) is 0 Å². The van der Waals surface area contributed by atoms with E-state index in [1.165, 1.54) is 0 Å². The molecule has 0 saturated carbocycles. The number of rotatable bonds is 0. The van der Waals surface area contributed by atoms with Gasteiger partial charge < -0.3 is 10.1 Å². The number of carbonyl (C=O) groups excluding carboxylic acids is 1. The van der Waals surface area contributed by atoms with Gasteiger partial charge in [0.05, 0.1) is 18.6 Å². The van der Waals surface area contributed by atoms with Gasteiger partial charge in [0.15, 0.2) is 0 Å². The van der Waals surface area contributed by atoms with Crippen molar-refractivity contribution >= 4 is 5.91 Å². The van der Waals surface area contributed by atoms with E-state index in [1.54, 1.807) is 0 Å². The lowest BCUT2D eigenvalue weighted by atomic mass is 9.94. The molecule has 0 aliphatic carbocycles. The lowest BCUT2D eigenvalue weighted by molar-refractivity contribution is -0.140. The van der Waals surface area contributed by atoms with E-state index < -0.39 is 0 Å². The van der Waals surface area contributed by atoms with Crippen LogP contribution in [0.25, 0.3) is 0 Å². The molecule has 0 aromatic carbocycles. The van der Waals surface area contributed by atoms with Crippen molar-refractivity contribution in [2.45, 2.75) is 18.4 Å². The van der Waals surface area contributed by atoms with Gasteiger partial charge in [-0.25, -0.2) is 0 Å². The van der Waals surface area contributed by atoms with Crippen LogP contribution >= 0.6 is 0 Å². The first-order valence-electron chi connectivity index (χ1n) is 3.21. The van der Waals surface area contributed by atoms with Crippen molar-refractivity contribution in [1.29, 1.82) is 0 Å². The highest BCUT2D eigenvalue weighted by Crippen LogP contribution is 2.32. The van der Waals surface area contributed by atoms with E-state index in [-0.39, 0.29) is 11.5 Å². The molecule has 2 fully saturated rings. The topological polar surface area (TPSA) is 38.3 Å². The first kappa shape index (κ1) is 5.23. The minimum absolute atomic E-state index is 0.0723. The van der Waals surface area contributed by atoms with E-state index in [9.17, 15) is 4.79 Å². The Hall–Kier alpha value is -0.570. The molecular weight excluding hydrogens is 118 g/mol. The summed E-state index contributed by atoms with van der Waals surface area (Å²) < 4.78 is 5.27. The van der Waals surface area contributed by atoms with E-state index in [0.717, 1.165) is 19.6 Å². The van der Waals surface area contributed by atoms with Crippen molar-refractivity contribution in [3.05, 3.63) is 0 Å². The van der Waals surface area contributed by atoms with Crippen LogP contribution in [0.1, 0.15) is 12.8 Å². The fourth-order valence-corrected chi connectivity index (χ4v) is 1.35. The van der Waals surface area contributed by atoms with E-state index in [2.05, 4.69) is 5.32 Å². The third kappa shape index (κ3) is 0.645. The minimum Gasteiger partial charge on any atom is -0.372 e. The summed E-state index contributed by atoms with van der Waals surface area (Å²) in [5.74, 6) is 0.134. The summed E-state index contributed by atoms with van der Waals surface area (Å²) in [6.45, 7) is 1.56. The van der Waals surface area contributed by atoms with Crippen LogP contribution in [-0.2, 0) is 9.53 Å². The van der Waals surface area contributed by atoms with Crippen LogP contribution in [0.2, 0.25) is 0 Å². The second-order valence-corrected chi connectivity index (χ2v) is 2.73. The van der Waals surface area contributed by atoms with Gasteiger partial charge in [0.25, 0.3) is 0 Å². The van der Waals surface area contributed by atoms with E-state index >= 15 is 0 Å². The predicted octanol–water partition coefficient (Wildman–Crippen LogP) is -0.335. The average molecular weight is 127 g/mol. The molecule has 2 aliphatic heterocycles. The maximum Gasteiger partial charge on any atom is 0.223 e. The van der Waals surface area contributed by atoms with Crippen molar-refractivity contribution < 1.29 is 9.53 Å². The number of amides is 1. The van der Waals surface area contributed by atoms with Gasteiger partial charge in [0.1, 0.15) is 0 Å². The maximum atomic E-state index is 10.7. The van der Waals surface area contributed by atoms with Crippen molar-refractivity contribution in [2.75, 3.05) is 13.2 Å². The highest BCUT2D eigenvalue weighted by atomic mass is 16.5. The van der Waals surface area contributed by atoms with Crippen LogP contribution in [0.4, 0.5) is 0 Å². The van der Waals surface area contributed by atoms with Crippen molar-refractivity contribution in [3.63, 3.8) is 0 Å². The maximum absolute atomic E-state index is 10.7. The lowest BCUT2D eigenvalue weighted by Gasteiger charge is -2.36. The molecule has 0 radical (unpaired) electrons. The largest absolute Gasteiger partial charge is 0.372 e. The summed E-state index contributed by atoms with van der Waals surface area (Å²) >= 11 is 0. The average Bonchev–Trinajstić information content (AvgIpc) is 2.09. The van der Waals surface area contributed by atoms with Crippen LogP contribution in [-0.4, -0.2) is 24.7 Å². The number of hydrogen-bond acceptors (Lipinski definition) is 2. The van der Waals surface area contributed by atoms with Crippen LogP contribution in [0.5, 0.6) is 0 Å². The van der Waals surface area contributed by atoms with E-state index in [1.807, 2.05) is 0 Å². The summed E-state index contributed by atoms with van der Waals surface area (Å²) in [7, 11) is 0. The molecule has 3 nitrogen and oxygen atoms in total. The number of ether oxygens (including phenoxy) is 1. The molecule has 2 saturated heterocycles. The zero-order chi connectivity index (χ0) is 6.32. The Morgan fingerprint density at radius 2 is 2.44 bits per heavy atom. The van der Waals surface area contributed by atoms with Crippen LogP contribution < -0.4 is 5.32 Å². The summed E-state index contributed by atoms with van der Waals surface area (Å²) in [6, 6.07) is 0. The van der Waals surface area contributed by atoms with Gasteiger partial charge in [0, 0.05) is 13.0 Å². The third-order valence-electron chi connectivity index (χ3n) is 2.06. The highest BCUT2D eigenvalue weighted by Gasteiger charge is 2.44. The molecule has 2 aliphatic rings. The van der Waals surface area contributed by atoms with Gasteiger partial charge in [-0.2, -0.15) is 0 Å². The van der Waals surface area contributed by atoms with Crippen LogP contribution in [0.15, 0.2) is 0 Å². The molecule has 1 spiro atoms. The summed E-state index contributed by atoms with van der Waals surface area (Å²) in [4.78, 5) is 10.7. The zero-order valence-electron chi connectivity index (χ0n) is 5.14. The minimum atomic E-state index is -0.0723. The normalized spacial score (nSPS) is 40.7. The molecule has 3 heteroatoms. The molecule has 1 N–H and O–H groups in total. The van der Waals surface area contributed by atoms with Gasteiger partial charge >= 0.3 is 0 Å². The van der Waals surface area contributed by atoms with Gasteiger partial charge in [-0.3, -0.25) is 4.79 Å². The number of nitrogens with one attached hydrogen (secondary N) is 1. The molecule has 2 heterocycles. The van der Waals surface area contributed by atoms with Gasteiger partial charge in [0.2, 0.25) is 5.91 Å². The van der Waals surface area contributed by atoms with Gasteiger partial charge in [-0.1, -0.05) is 0 Å². The smallest absolute Gasteiger partial charge is 0.223 e. The lowest BCUT2D eigenvalue weighted by Crippen LogP contribution is -2.45. The Morgan fingerprint density at radius 3 is 2.67 bits per heavy atom. The monoisotopic (exact) mass is 127 g/mol. The Bertz CT molecular complexity index is 151. The SMILES string of the molecule is O=C1CC2(CCO2)CN1. The quantitative estimate of drug-likeness (QED) is 0.483. The second-order valence-electron chi connectivity index (χ2n) is 2.73. The van der Waals surface area contributed by atoms with Crippen LogP contribution in [0.3, 0.4) is 0 Å². The summed E-state index contributed by atoms with van der Waals surface area (Å²) in [5, 5.41) is 2.75. The van der Waals surface area contributed by atoms with Crippen molar-refractivity contribution in [1.82, 2.24) is 5.32 Å². The molecule has 0 aromatic heterocycles. The van der Waals surface area contributed by atoms with Crippen molar-refractivity contribution in [3.8, 4) is 0 Å². The third-order valence-corrected chi connectivity index (χ3v) is 2.06. The predicted molar refractivity (Wildman–Crippen MR) is 30.9 cm³/mol. The van der Waals surface area contributed by atoms with Gasteiger partial charge in [-0.15, -0.1) is 0 Å². The molecular formula is C6H9NO2. The first-order chi connectivity index (χ1) is 4.31. The molecule has 50 valence electrons. The number of hydrogen-bond donors (Lipinski definition) is 1. The molecule has 0 aromatic rings. The molecule has 1 amide bonds. The molecule has 1 atom stereocenters. The Balaban J connectivity index is 2.07. The molecule has 9 heavy (non-hydrogen) atoms. The molecule has 0 bridgehead atoms. The summed E-state index contributed by atoms with van der Waals surface area (Å²) in [6.07, 6.45) is 1.62. The standard InChI is InChI=1S/C6H9NO2/c8-5-3-6(4-7-5)1-2-9-6/h1-4H2,(H,7,8). The van der Waals surface area contributed by atoms with E-state index in [4.69, 9.17) is 4.74 Å². The summed E-state index contributed by atoms with van der Waals surface area (Å²) in [5.41, 5.74) is -0.0723. The first-order valence-corrected chi connectivity index (χ1v) is 3.21. The van der Waals surface area contributed by atoms with Gasteiger partial charge in [-0.05, 0) is 0 Å². The number of carbonyl (C=O) groups is 1.